The summed E-state index contributed by atoms with van der Waals surface area (Å²) in [7, 11) is -1.74. The summed E-state index contributed by atoms with van der Waals surface area (Å²) < 4.78 is 42.4. The lowest BCUT2D eigenvalue weighted by atomic mass is 10.1. The summed E-state index contributed by atoms with van der Waals surface area (Å²) in [6.45, 7) is 0. The largest absolute Gasteiger partial charge is 0.331 e. The van der Waals surface area contributed by atoms with Crippen LogP contribution in [-0.4, -0.2) is 18.0 Å². The lowest BCUT2D eigenvalue weighted by Gasteiger charge is -2.09. The van der Waals surface area contributed by atoms with Crippen molar-refractivity contribution in [2.45, 2.75) is 17.7 Å². The normalized spacial score (nSPS) is 11.7. The van der Waals surface area contributed by atoms with Crippen LogP contribution in [-0.2, 0) is 29.9 Å². The molecule has 0 radical (unpaired) electrons. The number of halogens is 1. The Bertz CT molecular complexity index is 1250. The first-order valence-corrected chi connectivity index (χ1v) is 10.7. The average Bonchev–Trinajstić information content (AvgIpc) is 3.03. The van der Waals surface area contributed by atoms with E-state index >= 15 is 0 Å². The zero-order chi connectivity index (χ0) is 20.4. The Morgan fingerprint density at radius 3 is 2.31 bits per heavy atom. The Morgan fingerprint density at radius 2 is 1.62 bits per heavy atom. The average molecular weight is 409 g/mol. The minimum Gasteiger partial charge on any atom is -0.331 e. The number of hydrogen-bond acceptors (Lipinski definition) is 3. The summed E-state index contributed by atoms with van der Waals surface area (Å²) in [6.07, 6.45) is 1.58. The summed E-state index contributed by atoms with van der Waals surface area (Å²) >= 11 is 0. The van der Waals surface area contributed by atoms with Crippen LogP contribution in [0.2, 0.25) is 0 Å². The maximum atomic E-state index is 13.0. The number of fused-ring (bicyclic) bond motifs is 1. The van der Waals surface area contributed by atoms with Crippen LogP contribution < -0.4 is 4.72 Å². The van der Waals surface area contributed by atoms with Crippen LogP contribution in [0.15, 0.2) is 77.7 Å². The molecule has 0 atom stereocenters. The molecule has 0 fully saturated rings. The molecule has 0 saturated carbocycles. The second-order valence-corrected chi connectivity index (χ2v) is 8.51. The molecular weight excluding hydrogens is 389 g/mol. The molecular formula is C22H20FN3O2S. The second-order valence-electron chi connectivity index (χ2n) is 6.83. The van der Waals surface area contributed by atoms with Crippen LogP contribution in [0.3, 0.4) is 0 Å². The van der Waals surface area contributed by atoms with Crippen LogP contribution in [0.5, 0.6) is 0 Å². The zero-order valence-electron chi connectivity index (χ0n) is 15.8. The van der Waals surface area contributed by atoms with Gasteiger partial charge < -0.3 is 4.57 Å². The number of sulfonamides is 1. The van der Waals surface area contributed by atoms with Crippen LogP contribution in [0, 0.1) is 5.82 Å². The van der Waals surface area contributed by atoms with Gasteiger partial charge >= 0.3 is 0 Å². The van der Waals surface area contributed by atoms with E-state index in [-0.39, 0.29) is 4.90 Å². The van der Waals surface area contributed by atoms with E-state index in [1.807, 2.05) is 43.4 Å². The van der Waals surface area contributed by atoms with Gasteiger partial charge in [0.25, 0.3) is 10.0 Å². The molecule has 29 heavy (non-hydrogen) atoms. The van der Waals surface area contributed by atoms with Gasteiger partial charge in [0.05, 0.1) is 15.9 Å². The van der Waals surface area contributed by atoms with E-state index in [2.05, 4.69) is 14.3 Å². The van der Waals surface area contributed by atoms with Crippen molar-refractivity contribution in [3.8, 4) is 0 Å². The molecule has 148 valence electrons. The fourth-order valence-electron chi connectivity index (χ4n) is 3.24. The van der Waals surface area contributed by atoms with Crippen LogP contribution in [0.4, 0.5) is 10.1 Å². The molecule has 0 saturated heterocycles. The fourth-order valence-corrected chi connectivity index (χ4v) is 4.30. The van der Waals surface area contributed by atoms with Gasteiger partial charge in [-0.3, -0.25) is 4.72 Å². The van der Waals surface area contributed by atoms with Crippen molar-refractivity contribution in [3.63, 3.8) is 0 Å². The highest BCUT2D eigenvalue weighted by Gasteiger charge is 2.14. The number of hydrogen-bond donors (Lipinski definition) is 1. The molecule has 5 nitrogen and oxygen atoms in total. The molecule has 0 spiro atoms. The minimum atomic E-state index is -3.75. The van der Waals surface area contributed by atoms with Crippen LogP contribution in [0.1, 0.15) is 11.4 Å². The lowest BCUT2D eigenvalue weighted by Crippen LogP contribution is -2.12. The van der Waals surface area contributed by atoms with Crippen molar-refractivity contribution < 1.29 is 12.8 Å². The highest BCUT2D eigenvalue weighted by atomic mass is 32.2. The Kier molecular flexibility index (Phi) is 5.07. The third-order valence-corrected chi connectivity index (χ3v) is 6.24. The first-order chi connectivity index (χ1) is 13.9. The highest BCUT2D eigenvalue weighted by Crippen LogP contribution is 2.19. The van der Waals surface area contributed by atoms with Gasteiger partial charge in [-0.2, -0.15) is 0 Å². The van der Waals surface area contributed by atoms with Crippen molar-refractivity contribution in [2.24, 2.45) is 7.05 Å². The van der Waals surface area contributed by atoms with E-state index in [1.54, 1.807) is 12.1 Å². The summed E-state index contributed by atoms with van der Waals surface area (Å²) in [4.78, 5) is 4.70. The Hall–Kier alpha value is -3.19. The number of aryl methyl sites for hydroxylation is 3. The Balaban J connectivity index is 1.43. The molecule has 7 heteroatoms. The zero-order valence-corrected chi connectivity index (χ0v) is 16.7. The monoisotopic (exact) mass is 409 g/mol. The van der Waals surface area contributed by atoms with E-state index in [1.165, 1.54) is 12.1 Å². The molecule has 0 aliphatic heterocycles. The standard InChI is InChI=1S/C22H20FN3O2S/c1-26-21-5-3-2-4-20(21)24-22(26)15-8-16-6-11-18(12-7-16)25-29(27,28)19-13-9-17(23)10-14-19/h2-7,9-14,25H,8,15H2,1H3. The van der Waals surface area contributed by atoms with E-state index in [0.717, 1.165) is 47.4 Å². The molecule has 1 N–H and O–H groups in total. The molecule has 0 bridgehead atoms. The second kappa shape index (κ2) is 7.67. The van der Waals surface area contributed by atoms with Gasteiger partial charge in [-0.15, -0.1) is 0 Å². The van der Waals surface area contributed by atoms with Crippen molar-refractivity contribution in [3.05, 3.63) is 90.0 Å². The van der Waals surface area contributed by atoms with Gasteiger partial charge in [-0.05, 0) is 60.5 Å². The van der Waals surface area contributed by atoms with E-state index in [9.17, 15) is 12.8 Å². The van der Waals surface area contributed by atoms with Crippen molar-refractivity contribution in [1.29, 1.82) is 0 Å². The summed E-state index contributed by atoms with van der Waals surface area (Å²) in [6, 6.07) is 20.0. The van der Waals surface area contributed by atoms with Gasteiger partial charge in [-0.25, -0.2) is 17.8 Å². The smallest absolute Gasteiger partial charge is 0.261 e. The maximum absolute atomic E-state index is 13.0. The number of nitrogens with one attached hydrogen (secondary N) is 1. The fraction of sp³-hybridized carbons (Fsp3) is 0.136. The quantitative estimate of drug-likeness (QED) is 0.516. The molecule has 0 amide bonds. The number of aromatic nitrogens is 2. The first-order valence-electron chi connectivity index (χ1n) is 9.20. The third-order valence-electron chi connectivity index (χ3n) is 4.85. The molecule has 3 aromatic carbocycles. The van der Waals surface area contributed by atoms with E-state index < -0.39 is 15.8 Å². The van der Waals surface area contributed by atoms with Crippen molar-refractivity contribution >= 4 is 26.7 Å². The van der Waals surface area contributed by atoms with Gasteiger partial charge in [0, 0.05) is 19.2 Å². The number of imidazole rings is 1. The molecule has 0 unspecified atom stereocenters. The maximum Gasteiger partial charge on any atom is 0.261 e. The van der Waals surface area contributed by atoms with Crippen molar-refractivity contribution in [1.82, 2.24) is 9.55 Å². The summed E-state index contributed by atoms with van der Waals surface area (Å²) in [5, 5.41) is 0. The predicted octanol–water partition coefficient (Wildman–Crippen LogP) is 4.30. The number of nitrogens with zero attached hydrogens (tertiary/aromatic N) is 2. The van der Waals surface area contributed by atoms with Crippen molar-refractivity contribution in [2.75, 3.05) is 4.72 Å². The molecule has 1 aromatic heterocycles. The summed E-state index contributed by atoms with van der Waals surface area (Å²) in [5.41, 5.74) is 3.63. The van der Waals surface area contributed by atoms with E-state index in [0.29, 0.717) is 5.69 Å². The van der Waals surface area contributed by atoms with Gasteiger partial charge in [0.15, 0.2) is 0 Å². The minimum absolute atomic E-state index is 0.0184. The number of benzene rings is 3. The molecule has 1 heterocycles. The van der Waals surface area contributed by atoms with Gasteiger partial charge in [0.2, 0.25) is 0 Å². The number of para-hydroxylation sites is 2. The molecule has 4 aromatic rings. The molecule has 0 aliphatic carbocycles. The summed E-state index contributed by atoms with van der Waals surface area (Å²) in [5.74, 6) is 0.529. The van der Waals surface area contributed by atoms with E-state index in [4.69, 9.17) is 0 Å². The first kappa shape index (κ1) is 19.1. The van der Waals surface area contributed by atoms with Crippen LogP contribution in [0.25, 0.3) is 11.0 Å². The van der Waals surface area contributed by atoms with Gasteiger partial charge in [-0.1, -0.05) is 24.3 Å². The topological polar surface area (TPSA) is 64.0 Å². The third kappa shape index (κ3) is 4.14. The Morgan fingerprint density at radius 1 is 0.931 bits per heavy atom. The highest BCUT2D eigenvalue weighted by molar-refractivity contribution is 7.92. The number of rotatable bonds is 6. The lowest BCUT2D eigenvalue weighted by molar-refractivity contribution is 0.599. The molecule has 4 rings (SSSR count). The van der Waals surface area contributed by atoms with Gasteiger partial charge in [0.1, 0.15) is 11.6 Å². The predicted molar refractivity (Wildman–Crippen MR) is 112 cm³/mol. The Labute approximate surface area is 168 Å². The SMILES string of the molecule is Cn1c(CCc2ccc(NS(=O)(=O)c3ccc(F)cc3)cc2)nc2ccccc21. The van der Waals surface area contributed by atoms with Crippen LogP contribution >= 0.6 is 0 Å². The number of anilines is 1. The molecule has 0 aliphatic rings.